The number of benzene rings is 2. The number of fused-ring (bicyclic) bond motifs is 1. The van der Waals surface area contributed by atoms with E-state index in [0.29, 0.717) is 16.5 Å². The van der Waals surface area contributed by atoms with E-state index in [0.717, 1.165) is 25.3 Å². The third-order valence-electron chi connectivity index (χ3n) is 3.98. The minimum atomic E-state index is -0.104. The van der Waals surface area contributed by atoms with Crippen molar-refractivity contribution in [2.75, 3.05) is 37.0 Å². The molecule has 1 aliphatic rings. The molecule has 24 heavy (non-hydrogen) atoms. The van der Waals surface area contributed by atoms with Crippen molar-refractivity contribution in [3.05, 3.63) is 53.1 Å². The van der Waals surface area contributed by atoms with E-state index >= 15 is 0 Å². The van der Waals surface area contributed by atoms with Gasteiger partial charge in [-0.05, 0) is 29.8 Å². The molecule has 0 atom stereocenters. The lowest BCUT2D eigenvalue weighted by Gasteiger charge is -2.24. The second-order valence-electron chi connectivity index (χ2n) is 5.62. The molecule has 0 aromatic heterocycles. The monoisotopic (exact) mass is 345 g/mol. The number of carbonyl (C=O) groups excluding carboxylic acids is 1. The molecule has 3 rings (SSSR count). The summed E-state index contributed by atoms with van der Waals surface area (Å²) in [5.74, 6) is 0.484. The highest BCUT2D eigenvalue weighted by Gasteiger charge is 2.18. The van der Waals surface area contributed by atoms with Crippen LogP contribution in [0.2, 0.25) is 5.02 Å². The van der Waals surface area contributed by atoms with Crippen molar-refractivity contribution < 1.29 is 9.53 Å². The standard InChI is InChI=1S/C18H20ClN3O2/c1-24-17-7-6-14(19)10-15(17)21-18(23)12-22-9-8-20-11-13-4-2-3-5-16(13)22/h2-7,10,20H,8-9,11-12H2,1H3,(H,21,23). The zero-order chi connectivity index (χ0) is 16.9. The van der Waals surface area contributed by atoms with Gasteiger partial charge in [0.1, 0.15) is 5.75 Å². The van der Waals surface area contributed by atoms with Gasteiger partial charge in [-0.15, -0.1) is 0 Å². The maximum absolute atomic E-state index is 12.5. The van der Waals surface area contributed by atoms with E-state index in [2.05, 4.69) is 27.7 Å². The Labute approximate surface area is 146 Å². The Hall–Kier alpha value is -2.24. The van der Waals surface area contributed by atoms with Gasteiger partial charge in [-0.1, -0.05) is 29.8 Å². The van der Waals surface area contributed by atoms with E-state index in [9.17, 15) is 4.79 Å². The van der Waals surface area contributed by atoms with Crippen LogP contribution in [0.4, 0.5) is 11.4 Å². The van der Waals surface area contributed by atoms with Gasteiger partial charge in [-0.25, -0.2) is 0 Å². The summed E-state index contributed by atoms with van der Waals surface area (Å²) < 4.78 is 5.27. The van der Waals surface area contributed by atoms with Gasteiger partial charge in [0.25, 0.3) is 0 Å². The first-order valence-electron chi connectivity index (χ1n) is 7.84. The van der Waals surface area contributed by atoms with Crippen LogP contribution in [0.25, 0.3) is 0 Å². The highest BCUT2D eigenvalue weighted by Crippen LogP contribution is 2.28. The van der Waals surface area contributed by atoms with Gasteiger partial charge in [0, 0.05) is 30.3 Å². The molecule has 0 fully saturated rings. The number of methoxy groups -OCH3 is 1. The molecule has 2 aromatic carbocycles. The predicted molar refractivity (Wildman–Crippen MR) is 97.0 cm³/mol. The molecule has 0 bridgehead atoms. The fraction of sp³-hybridized carbons (Fsp3) is 0.278. The van der Waals surface area contributed by atoms with E-state index in [1.807, 2.05) is 12.1 Å². The zero-order valence-electron chi connectivity index (χ0n) is 13.5. The van der Waals surface area contributed by atoms with Crippen molar-refractivity contribution in [3.8, 4) is 5.75 Å². The van der Waals surface area contributed by atoms with Crippen LogP contribution in [0.1, 0.15) is 5.56 Å². The number of anilines is 2. The molecule has 1 heterocycles. The van der Waals surface area contributed by atoms with Crippen LogP contribution in [0.15, 0.2) is 42.5 Å². The number of hydrogen-bond donors (Lipinski definition) is 2. The number of para-hydroxylation sites is 1. The average Bonchev–Trinajstić information content (AvgIpc) is 2.78. The summed E-state index contributed by atoms with van der Waals surface area (Å²) in [6, 6.07) is 13.3. The van der Waals surface area contributed by atoms with Crippen LogP contribution in [-0.2, 0) is 11.3 Å². The lowest BCUT2D eigenvalue weighted by atomic mass is 10.1. The van der Waals surface area contributed by atoms with E-state index in [-0.39, 0.29) is 12.5 Å². The van der Waals surface area contributed by atoms with Gasteiger partial charge in [-0.3, -0.25) is 4.79 Å². The van der Waals surface area contributed by atoms with Crippen molar-refractivity contribution in [2.24, 2.45) is 0 Å². The number of carbonyl (C=O) groups is 1. The fourth-order valence-corrected chi connectivity index (χ4v) is 3.00. The molecule has 1 amide bonds. The molecule has 0 spiro atoms. The van der Waals surface area contributed by atoms with Crippen molar-refractivity contribution in [2.45, 2.75) is 6.54 Å². The molecular weight excluding hydrogens is 326 g/mol. The topological polar surface area (TPSA) is 53.6 Å². The van der Waals surface area contributed by atoms with E-state index in [1.165, 1.54) is 5.56 Å². The van der Waals surface area contributed by atoms with Gasteiger partial charge in [-0.2, -0.15) is 0 Å². The molecule has 0 unspecified atom stereocenters. The van der Waals surface area contributed by atoms with E-state index < -0.39 is 0 Å². The Kier molecular flexibility index (Phi) is 5.23. The maximum Gasteiger partial charge on any atom is 0.243 e. The normalized spacial score (nSPS) is 13.8. The molecule has 2 aromatic rings. The van der Waals surface area contributed by atoms with E-state index in [4.69, 9.17) is 16.3 Å². The summed E-state index contributed by atoms with van der Waals surface area (Å²) in [4.78, 5) is 14.6. The largest absolute Gasteiger partial charge is 0.495 e. The highest BCUT2D eigenvalue weighted by molar-refractivity contribution is 6.31. The molecule has 0 saturated carbocycles. The minimum Gasteiger partial charge on any atom is -0.495 e. The molecule has 1 aliphatic heterocycles. The molecule has 126 valence electrons. The third kappa shape index (κ3) is 3.80. The van der Waals surface area contributed by atoms with Crippen LogP contribution < -0.4 is 20.3 Å². The summed E-state index contributed by atoms with van der Waals surface area (Å²) in [6.07, 6.45) is 0. The van der Waals surface area contributed by atoms with Crippen molar-refractivity contribution in [3.63, 3.8) is 0 Å². The minimum absolute atomic E-state index is 0.104. The first kappa shape index (κ1) is 16.6. The van der Waals surface area contributed by atoms with Crippen molar-refractivity contribution in [1.29, 1.82) is 0 Å². The lowest BCUT2D eigenvalue weighted by Crippen LogP contribution is -2.36. The average molecular weight is 346 g/mol. The number of halogens is 1. The van der Waals surface area contributed by atoms with Gasteiger partial charge in [0.2, 0.25) is 5.91 Å². The number of hydrogen-bond acceptors (Lipinski definition) is 4. The maximum atomic E-state index is 12.5. The summed E-state index contributed by atoms with van der Waals surface area (Å²) in [6.45, 7) is 2.70. The van der Waals surface area contributed by atoms with Crippen LogP contribution in [0, 0.1) is 0 Å². The molecular formula is C18H20ClN3O2. The van der Waals surface area contributed by atoms with Gasteiger partial charge < -0.3 is 20.3 Å². The SMILES string of the molecule is COc1ccc(Cl)cc1NC(=O)CN1CCNCc2ccccc21. The quantitative estimate of drug-likeness (QED) is 0.894. The van der Waals surface area contributed by atoms with Crippen molar-refractivity contribution >= 4 is 28.9 Å². The van der Waals surface area contributed by atoms with Crippen molar-refractivity contribution in [1.82, 2.24) is 5.32 Å². The molecule has 2 N–H and O–H groups in total. The summed E-state index contributed by atoms with van der Waals surface area (Å²) in [7, 11) is 1.57. The Morgan fingerprint density at radius 3 is 3.00 bits per heavy atom. The third-order valence-corrected chi connectivity index (χ3v) is 4.21. The molecule has 0 aliphatic carbocycles. The van der Waals surface area contributed by atoms with Gasteiger partial charge in [0.05, 0.1) is 19.3 Å². The Balaban J connectivity index is 1.75. The van der Waals surface area contributed by atoms with E-state index in [1.54, 1.807) is 25.3 Å². The summed E-state index contributed by atoms with van der Waals surface area (Å²) >= 11 is 6.01. The second-order valence-corrected chi connectivity index (χ2v) is 6.06. The Morgan fingerprint density at radius 2 is 2.17 bits per heavy atom. The first-order valence-corrected chi connectivity index (χ1v) is 8.22. The predicted octanol–water partition coefficient (Wildman–Crippen LogP) is 2.90. The van der Waals surface area contributed by atoms with Gasteiger partial charge in [0.15, 0.2) is 0 Å². The van der Waals surface area contributed by atoms with Crippen LogP contribution in [-0.4, -0.2) is 32.7 Å². The number of nitrogens with zero attached hydrogens (tertiary/aromatic N) is 1. The zero-order valence-corrected chi connectivity index (χ0v) is 14.3. The second kappa shape index (κ2) is 7.55. The molecule has 5 nitrogen and oxygen atoms in total. The Bertz CT molecular complexity index is 736. The number of rotatable bonds is 4. The van der Waals surface area contributed by atoms with Gasteiger partial charge >= 0.3 is 0 Å². The van der Waals surface area contributed by atoms with Crippen LogP contribution in [0.5, 0.6) is 5.75 Å². The van der Waals surface area contributed by atoms with Crippen LogP contribution >= 0.6 is 11.6 Å². The fourth-order valence-electron chi connectivity index (χ4n) is 2.83. The number of amides is 1. The Morgan fingerprint density at radius 1 is 1.33 bits per heavy atom. The molecule has 6 heteroatoms. The van der Waals surface area contributed by atoms with Crippen LogP contribution in [0.3, 0.4) is 0 Å². The number of nitrogens with one attached hydrogen (secondary N) is 2. The first-order chi connectivity index (χ1) is 11.7. The molecule has 0 radical (unpaired) electrons. The lowest BCUT2D eigenvalue weighted by molar-refractivity contribution is -0.115. The molecule has 0 saturated heterocycles. The highest BCUT2D eigenvalue weighted by atomic mass is 35.5. The summed E-state index contributed by atoms with van der Waals surface area (Å²) in [5, 5.41) is 6.81. The smallest absolute Gasteiger partial charge is 0.243 e. The number of ether oxygens (including phenoxy) is 1. The summed E-state index contributed by atoms with van der Waals surface area (Å²) in [5.41, 5.74) is 2.87.